The lowest BCUT2D eigenvalue weighted by molar-refractivity contribution is 0.474. The van der Waals surface area contributed by atoms with E-state index in [1.54, 1.807) is 23.5 Å². The Labute approximate surface area is 98.0 Å². The predicted molar refractivity (Wildman–Crippen MR) is 64.7 cm³/mol. The van der Waals surface area contributed by atoms with E-state index in [9.17, 15) is 5.11 Å². The lowest BCUT2D eigenvalue weighted by atomic mass is 10.2. The molecule has 0 aliphatic rings. The van der Waals surface area contributed by atoms with Gasteiger partial charge in [-0.05, 0) is 24.1 Å². The summed E-state index contributed by atoms with van der Waals surface area (Å²) < 4.78 is 0. The Balaban J connectivity index is 1.96. The zero-order valence-electron chi connectivity index (χ0n) is 8.97. The number of hydrogen-bond donors (Lipinski definition) is 2. The van der Waals surface area contributed by atoms with Crippen molar-refractivity contribution in [2.24, 2.45) is 0 Å². The van der Waals surface area contributed by atoms with Gasteiger partial charge in [-0.3, -0.25) is 0 Å². The molecule has 1 aromatic carbocycles. The second kappa shape index (κ2) is 4.94. The SMILES string of the molecule is CCc1nnc(NCc2cccc(O)c2)s1. The second-order valence-corrected chi connectivity index (χ2v) is 4.44. The Bertz CT molecular complexity index is 470. The molecule has 0 saturated carbocycles. The van der Waals surface area contributed by atoms with Crippen molar-refractivity contribution in [3.05, 3.63) is 34.8 Å². The first kappa shape index (κ1) is 10.9. The number of rotatable bonds is 4. The van der Waals surface area contributed by atoms with E-state index in [0.29, 0.717) is 6.54 Å². The van der Waals surface area contributed by atoms with Gasteiger partial charge in [-0.1, -0.05) is 30.4 Å². The lowest BCUT2D eigenvalue weighted by Gasteiger charge is -2.02. The topological polar surface area (TPSA) is 58.0 Å². The highest BCUT2D eigenvalue weighted by molar-refractivity contribution is 7.15. The molecule has 2 N–H and O–H groups in total. The minimum absolute atomic E-state index is 0.283. The average molecular weight is 235 g/mol. The van der Waals surface area contributed by atoms with E-state index in [0.717, 1.165) is 22.1 Å². The number of aromatic hydroxyl groups is 1. The van der Waals surface area contributed by atoms with Gasteiger partial charge in [-0.25, -0.2) is 0 Å². The Morgan fingerprint density at radius 2 is 2.25 bits per heavy atom. The molecular formula is C11H13N3OS. The van der Waals surface area contributed by atoms with Crippen molar-refractivity contribution in [2.75, 3.05) is 5.32 Å². The van der Waals surface area contributed by atoms with Gasteiger partial charge in [0.15, 0.2) is 0 Å². The van der Waals surface area contributed by atoms with E-state index in [-0.39, 0.29) is 5.75 Å². The highest BCUT2D eigenvalue weighted by Crippen LogP contribution is 2.17. The maximum Gasteiger partial charge on any atom is 0.205 e. The zero-order chi connectivity index (χ0) is 11.4. The third-order valence-corrected chi connectivity index (χ3v) is 3.15. The molecule has 0 radical (unpaired) electrons. The third kappa shape index (κ3) is 2.70. The molecule has 0 atom stereocenters. The standard InChI is InChI=1S/C11H13N3OS/c1-2-10-13-14-11(16-10)12-7-8-4-3-5-9(15)6-8/h3-6,15H,2,7H2,1H3,(H,12,14). The summed E-state index contributed by atoms with van der Waals surface area (Å²) >= 11 is 1.56. The molecular weight excluding hydrogens is 222 g/mol. The van der Waals surface area contributed by atoms with Crippen molar-refractivity contribution in [3.63, 3.8) is 0 Å². The first-order valence-electron chi connectivity index (χ1n) is 5.12. The molecule has 0 bridgehead atoms. The molecule has 0 aliphatic heterocycles. The number of phenols is 1. The van der Waals surface area contributed by atoms with Crippen LogP contribution in [0, 0.1) is 0 Å². The number of nitrogens with one attached hydrogen (secondary N) is 1. The summed E-state index contributed by atoms with van der Waals surface area (Å²) in [5.41, 5.74) is 1.02. The van der Waals surface area contributed by atoms with Crippen LogP contribution < -0.4 is 5.32 Å². The van der Waals surface area contributed by atoms with Crippen LogP contribution in [0.4, 0.5) is 5.13 Å². The first-order valence-corrected chi connectivity index (χ1v) is 5.93. The van der Waals surface area contributed by atoms with Crippen LogP contribution in [0.5, 0.6) is 5.75 Å². The van der Waals surface area contributed by atoms with Crippen LogP contribution in [0.3, 0.4) is 0 Å². The van der Waals surface area contributed by atoms with Crippen LogP contribution >= 0.6 is 11.3 Å². The number of phenolic OH excluding ortho intramolecular Hbond substituents is 1. The Kier molecular flexibility index (Phi) is 3.36. The average Bonchev–Trinajstić information content (AvgIpc) is 2.74. The third-order valence-electron chi connectivity index (χ3n) is 2.12. The van der Waals surface area contributed by atoms with Crippen molar-refractivity contribution < 1.29 is 5.11 Å². The first-order chi connectivity index (χ1) is 7.78. The molecule has 5 heteroatoms. The summed E-state index contributed by atoms with van der Waals surface area (Å²) in [6.45, 7) is 2.70. The van der Waals surface area contributed by atoms with E-state index >= 15 is 0 Å². The molecule has 0 spiro atoms. The predicted octanol–water partition coefficient (Wildman–Crippen LogP) is 2.42. The van der Waals surface area contributed by atoms with Gasteiger partial charge < -0.3 is 10.4 Å². The maximum absolute atomic E-state index is 9.30. The molecule has 0 aliphatic carbocycles. The number of anilines is 1. The monoisotopic (exact) mass is 235 g/mol. The van der Waals surface area contributed by atoms with Gasteiger partial charge in [-0.2, -0.15) is 0 Å². The van der Waals surface area contributed by atoms with Gasteiger partial charge in [0.2, 0.25) is 5.13 Å². The van der Waals surface area contributed by atoms with Crippen LogP contribution in [0.2, 0.25) is 0 Å². The molecule has 0 unspecified atom stereocenters. The molecule has 84 valence electrons. The molecule has 2 rings (SSSR count). The minimum atomic E-state index is 0.283. The molecule has 1 aromatic heterocycles. The Morgan fingerprint density at radius 1 is 1.38 bits per heavy atom. The van der Waals surface area contributed by atoms with E-state index < -0.39 is 0 Å². The fourth-order valence-electron chi connectivity index (χ4n) is 1.31. The van der Waals surface area contributed by atoms with Crippen molar-refractivity contribution in [3.8, 4) is 5.75 Å². The smallest absolute Gasteiger partial charge is 0.205 e. The molecule has 2 aromatic rings. The maximum atomic E-state index is 9.30. The van der Waals surface area contributed by atoms with E-state index in [1.807, 2.05) is 12.1 Å². The number of nitrogens with zero attached hydrogens (tertiary/aromatic N) is 2. The normalized spacial score (nSPS) is 10.3. The van der Waals surface area contributed by atoms with Gasteiger partial charge in [0, 0.05) is 6.54 Å². The van der Waals surface area contributed by atoms with Crippen molar-refractivity contribution in [1.29, 1.82) is 0 Å². The number of aryl methyl sites for hydroxylation is 1. The molecule has 1 heterocycles. The van der Waals surface area contributed by atoms with Gasteiger partial charge >= 0.3 is 0 Å². The Morgan fingerprint density at radius 3 is 2.94 bits per heavy atom. The molecule has 16 heavy (non-hydrogen) atoms. The summed E-state index contributed by atoms with van der Waals surface area (Å²) in [5, 5.41) is 22.4. The fourth-order valence-corrected chi connectivity index (χ4v) is 1.99. The van der Waals surface area contributed by atoms with Crippen LogP contribution in [-0.4, -0.2) is 15.3 Å². The fraction of sp³-hybridized carbons (Fsp3) is 0.273. The highest BCUT2D eigenvalue weighted by atomic mass is 32.1. The highest BCUT2D eigenvalue weighted by Gasteiger charge is 2.01. The van der Waals surface area contributed by atoms with Gasteiger partial charge in [0.25, 0.3) is 0 Å². The van der Waals surface area contributed by atoms with Crippen LogP contribution in [0.15, 0.2) is 24.3 Å². The van der Waals surface area contributed by atoms with Gasteiger partial charge in [0.1, 0.15) is 10.8 Å². The summed E-state index contributed by atoms with van der Waals surface area (Å²) in [6.07, 6.45) is 0.908. The van der Waals surface area contributed by atoms with Crippen LogP contribution in [0.1, 0.15) is 17.5 Å². The van der Waals surface area contributed by atoms with Crippen molar-refractivity contribution in [2.45, 2.75) is 19.9 Å². The second-order valence-electron chi connectivity index (χ2n) is 3.38. The van der Waals surface area contributed by atoms with E-state index in [4.69, 9.17) is 0 Å². The van der Waals surface area contributed by atoms with Gasteiger partial charge in [0.05, 0.1) is 0 Å². The van der Waals surface area contributed by atoms with Crippen molar-refractivity contribution in [1.82, 2.24) is 10.2 Å². The lowest BCUT2D eigenvalue weighted by Crippen LogP contribution is -1.98. The number of benzene rings is 1. The molecule has 0 fully saturated rings. The van der Waals surface area contributed by atoms with Crippen molar-refractivity contribution >= 4 is 16.5 Å². The molecule has 0 saturated heterocycles. The summed E-state index contributed by atoms with van der Waals surface area (Å²) in [7, 11) is 0. The minimum Gasteiger partial charge on any atom is -0.508 e. The summed E-state index contributed by atoms with van der Waals surface area (Å²) in [6, 6.07) is 7.16. The van der Waals surface area contributed by atoms with Crippen LogP contribution in [-0.2, 0) is 13.0 Å². The summed E-state index contributed by atoms with van der Waals surface area (Å²) in [4.78, 5) is 0. The molecule has 4 nitrogen and oxygen atoms in total. The summed E-state index contributed by atoms with van der Waals surface area (Å²) in [5.74, 6) is 0.283. The largest absolute Gasteiger partial charge is 0.508 e. The van der Waals surface area contributed by atoms with E-state index in [1.165, 1.54) is 0 Å². The number of aromatic nitrogens is 2. The Hall–Kier alpha value is -1.62. The number of hydrogen-bond acceptors (Lipinski definition) is 5. The van der Waals surface area contributed by atoms with E-state index in [2.05, 4.69) is 22.4 Å². The quantitative estimate of drug-likeness (QED) is 0.854. The van der Waals surface area contributed by atoms with Crippen LogP contribution in [0.25, 0.3) is 0 Å². The van der Waals surface area contributed by atoms with Gasteiger partial charge in [-0.15, -0.1) is 10.2 Å². The zero-order valence-corrected chi connectivity index (χ0v) is 9.79. The molecule has 0 amide bonds.